The first kappa shape index (κ1) is 23.5. The molecular formula is C20H14O12. The second kappa shape index (κ2) is 9.84. The van der Waals surface area contributed by atoms with Crippen molar-refractivity contribution in [3.05, 3.63) is 69.8 Å². The third-order valence-corrected chi connectivity index (χ3v) is 3.98. The number of carboxylic acids is 4. The van der Waals surface area contributed by atoms with Crippen LogP contribution >= 0.6 is 0 Å². The number of carbonyl (C=O) groups is 6. The average Bonchev–Trinajstić information content (AvgIpc) is 2.75. The Balaban J connectivity index is 1.99. The SMILES string of the molecule is O=C(OCCOC(=O)c1ccc(C(=O)O)c(C(=O)O)c1)c1ccc(C(=O)O)c(C(=O)O)c1. The van der Waals surface area contributed by atoms with Gasteiger partial charge in [0.25, 0.3) is 0 Å². The van der Waals surface area contributed by atoms with E-state index in [0.29, 0.717) is 0 Å². The molecule has 2 aromatic rings. The molecule has 4 N–H and O–H groups in total. The average molecular weight is 446 g/mol. The van der Waals surface area contributed by atoms with Crippen molar-refractivity contribution in [3.63, 3.8) is 0 Å². The molecule has 12 heteroatoms. The molecule has 0 saturated heterocycles. The standard InChI is InChI=1S/C20H14O12/c21-15(22)11-3-1-9(7-13(11)17(25)26)19(29)31-5-6-32-20(30)10-2-4-12(16(23)24)14(8-10)18(27)28/h1-4,7-8H,5-6H2,(H,21,22)(H,23,24)(H,25,26)(H,27,28). The summed E-state index contributed by atoms with van der Waals surface area (Å²) in [6.45, 7) is -0.903. The lowest BCUT2D eigenvalue weighted by Gasteiger charge is -2.09. The molecule has 0 fully saturated rings. The first-order valence-corrected chi connectivity index (χ1v) is 8.58. The van der Waals surface area contributed by atoms with E-state index in [-0.39, 0.29) is 11.1 Å². The zero-order valence-electron chi connectivity index (χ0n) is 15.9. The summed E-state index contributed by atoms with van der Waals surface area (Å²) in [7, 11) is 0. The van der Waals surface area contributed by atoms with Crippen LogP contribution in [0.1, 0.15) is 62.1 Å². The van der Waals surface area contributed by atoms with Crippen LogP contribution in [-0.2, 0) is 9.47 Å². The maximum absolute atomic E-state index is 12.0. The molecule has 12 nitrogen and oxygen atoms in total. The predicted octanol–water partition coefficient (Wildman–Crippen LogP) is 1.49. The monoisotopic (exact) mass is 446 g/mol. The van der Waals surface area contributed by atoms with Gasteiger partial charge in [0.2, 0.25) is 0 Å². The Hall–Kier alpha value is -4.74. The van der Waals surface area contributed by atoms with Crippen LogP contribution in [0.4, 0.5) is 0 Å². The van der Waals surface area contributed by atoms with Gasteiger partial charge in [-0.2, -0.15) is 0 Å². The van der Waals surface area contributed by atoms with Gasteiger partial charge in [0, 0.05) is 0 Å². The normalized spacial score (nSPS) is 10.1. The molecule has 0 aliphatic rings. The number of aromatic carboxylic acids is 4. The molecule has 2 aromatic carbocycles. The van der Waals surface area contributed by atoms with Crippen LogP contribution in [0.15, 0.2) is 36.4 Å². The number of rotatable bonds is 9. The third-order valence-electron chi connectivity index (χ3n) is 3.98. The second-order valence-electron chi connectivity index (χ2n) is 6.01. The minimum absolute atomic E-state index is 0.242. The highest BCUT2D eigenvalue weighted by atomic mass is 16.6. The molecule has 2 rings (SSSR count). The first-order chi connectivity index (χ1) is 15.0. The van der Waals surface area contributed by atoms with E-state index in [1.165, 1.54) is 0 Å². The van der Waals surface area contributed by atoms with Crippen molar-refractivity contribution in [2.75, 3.05) is 13.2 Å². The van der Waals surface area contributed by atoms with E-state index in [2.05, 4.69) is 0 Å². The number of carbonyl (C=O) groups excluding carboxylic acids is 2. The van der Waals surface area contributed by atoms with Gasteiger partial charge in [-0.25, -0.2) is 28.8 Å². The van der Waals surface area contributed by atoms with Gasteiger partial charge < -0.3 is 29.9 Å². The van der Waals surface area contributed by atoms with Crippen LogP contribution in [0.3, 0.4) is 0 Å². The van der Waals surface area contributed by atoms with Gasteiger partial charge >= 0.3 is 35.8 Å². The maximum Gasteiger partial charge on any atom is 0.338 e. The molecule has 0 aliphatic heterocycles. The Labute approximate surface area is 178 Å². The summed E-state index contributed by atoms with van der Waals surface area (Å²) in [4.78, 5) is 68.4. The quantitative estimate of drug-likeness (QED) is 0.320. The van der Waals surface area contributed by atoms with Gasteiger partial charge in [-0.3, -0.25) is 0 Å². The summed E-state index contributed by atoms with van der Waals surface area (Å²) in [5, 5.41) is 36.1. The van der Waals surface area contributed by atoms with E-state index in [9.17, 15) is 28.8 Å². The minimum Gasteiger partial charge on any atom is -0.478 e. The van der Waals surface area contributed by atoms with Crippen LogP contribution in [0.25, 0.3) is 0 Å². The molecule has 0 atom stereocenters. The van der Waals surface area contributed by atoms with Crippen LogP contribution < -0.4 is 0 Å². The van der Waals surface area contributed by atoms with E-state index >= 15 is 0 Å². The zero-order chi connectivity index (χ0) is 24.0. The molecule has 0 heterocycles. The molecule has 166 valence electrons. The van der Waals surface area contributed by atoms with Crippen molar-refractivity contribution >= 4 is 35.8 Å². The van der Waals surface area contributed by atoms with Gasteiger partial charge in [-0.15, -0.1) is 0 Å². The topological polar surface area (TPSA) is 202 Å². The fourth-order valence-corrected chi connectivity index (χ4v) is 2.50. The summed E-state index contributed by atoms with van der Waals surface area (Å²) in [6, 6.07) is 5.64. The van der Waals surface area contributed by atoms with Crippen LogP contribution in [0, 0.1) is 0 Å². The van der Waals surface area contributed by atoms with Gasteiger partial charge in [0.1, 0.15) is 13.2 Å². The maximum atomic E-state index is 12.0. The lowest BCUT2D eigenvalue weighted by atomic mass is 10.0. The zero-order valence-corrected chi connectivity index (χ0v) is 15.9. The van der Waals surface area contributed by atoms with Crippen molar-refractivity contribution in [3.8, 4) is 0 Å². The van der Waals surface area contributed by atoms with E-state index in [1.807, 2.05) is 0 Å². The molecule has 0 aromatic heterocycles. The molecule has 0 saturated carbocycles. The highest BCUT2D eigenvalue weighted by Crippen LogP contribution is 2.15. The summed E-state index contributed by atoms with van der Waals surface area (Å²) < 4.78 is 9.67. The van der Waals surface area contributed by atoms with Gasteiger partial charge in [0.15, 0.2) is 0 Å². The summed E-state index contributed by atoms with van der Waals surface area (Å²) in [5.74, 6) is -8.09. The summed E-state index contributed by atoms with van der Waals surface area (Å²) >= 11 is 0. The number of carboxylic acid groups (broad SMARTS) is 4. The Morgan fingerprint density at radius 1 is 0.531 bits per heavy atom. The summed E-state index contributed by atoms with van der Waals surface area (Å²) in [6.07, 6.45) is 0. The molecule has 0 bridgehead atoms. The molecule has 0 radical (unpaired) electrons. The predicted molar refractivity (Wildman–Crippen MR) is 101 cm³/mol. The number of ether oxygens (including phenoxy) is 2. The van der Waals surface area contributed by atoms with E-state index in [4.69, 9.17) is 29.9 Å². The highest BCUT2D eigenvalue weighted by Gasteiger charge is 2.21. The molecule has 0 unspecified atom stereocenters. The van der Waals surface area contributed by atoms with Crippen LogP contribution in [0.2, 0.25) is 0 Å². The van der Waals surface area contributed by atoms with E-state index in [1.54, 1.807) is 0 Å². The number of benzene rings is 2. The Bertz CT molecular complexity index is 1040. The van der Waals surface area contributed by atoms with Gasteiger partial charge in [-0.1, -0.05) is 0 Å². The molecular weight excluding hydrogens is 432 g/mol. The van der Waals surface area contributed by atoms with Crippen molar-refractivity contribution in [1.29, 1.82) is 0 Å². The largest absolute Gasteiger partial charge is 0.478 e. The fourth-order valence-electron chi connectivity index (χ4n) is 2.50. The number of hydrogen-bond acceptors (Lipinski definition) is 8. The minimum atomic E-state index is -1.55. The lowest BCUT2D eigenvalue weighted by Crippen LogP contribution is -2.16. The Morgan fingerprint density at radius 3 is 1.12 bits per heavy atom. The Kier molecular flexibility index (Phi) is 7.24. The number of esters is 2. The molecule has 32 heavy (non-hydrogen) atoms. The lowest BCUT2D eigenvalue weighted by molar-refractivity contribution is 0.0265. The van der Waals surface area contributed by atoms with Crippen molar-refractivity contribution < 1.29 is 58.7 Å². The fraction of sp³-hybridized carbons (Fsp3) is 0.100. The second-order valence-corrected chi connectivity index (χ2v) is 6.01. The smallest absolute Gasteiger partial charge is 0.338 e. The van der Waals surface area contributed by atoms with E-state index < -0.39 is 71.3 Å². The number of hydrogen-bond donors (Lipinski definition) is 4. The van der Waals surface area contributed by atoms with E-state index in [0.717, 1.165) is 36.4 Å². The third kappa shape index (κ3) is 5.44. The summed E-state index contributed by atoms with van der Waals surface area (Å²) in [5.41, 5.74) is -2.74. The van der Waals surface area contributed by atoms with Crippen LogP contribution in [0.5, 0.6) is 0 Å². The van der Waals surface area contributed by atoms with Gasteiger partial charge in [0.05, 0.1) is 33.4 Å². The molecule has 0 spiro atoms. The van der Waals surface area contributed by atoms with Crippen LogP contribution in [-0.4, -0.2) is 69.5 Å². The highest BCUT2D eigenvalue weighted by molar-refractivity contribution is 6.04. The molecule has 0 amide bonds. The van der Waals surface area contributed by atoms with Crippen molar-refractivity contribution in [2.45, 2.75) is 0 Å². The first-order valence-electron chi connectivity index (χ1n) is 8.58. The van der Waals surface area contributed by atoms with Crippen molar-refractivity contribution in [1.82, 2.24) is 0 Å². The molecule has 0 aliphatic carbocycles. The van der Waals surface area contributed by atoms with Gasteiger partial charge in [-0.05, 0) is 36.4 Å². The Morgan fingerprint density at radius 2 is 0.844 bits per heavy atom. The van der Waals surface area contributed by atoms with Crippen molar-refractivity contribution in [2.24, 2.45) is 0 Å².